The van der Waals surface area contributed by atoms with Crippen molar-refractivity contribution in [3.05, 3.63) is 41.0 Å². The van der Waals surface area contributed by atoms with Crippen molar-refractivity contribution < 1.29 is 0 Å². The molecule has 0 aliphatic rings. The van der Waals surface area contributed by atoms with Crippen LogP contribution in [-0.2, 0) is 0 Å². The van der Waals surface area contributed by atoms with Crippen molar-refractivity contribution in [1.82, 2.24) is 0 Å². The summed E-state index contributed by atoms with van der Waals surface area (Å²) >= 11 is 4.64. The van der Waals surface area contributed by atoms with Gasteiger partial charge in [0.2, 0.25) is 0 Å². The molecular weight excluding hydrogens is 192 g/mol. The first kappa shape index (κ1) is 13.2. The summed E-state index contributed by atoms with van der Waals surface area (Å²) in [7, 11) is 0. The second kappa shape index (κ2) is 5.87. The maximum absolute atomic E-state index is 4.64. The van der Waals surface area contributed by atoms with E-state index in [1.165, 1.54) is 28.6 Å². The fourth-order valence-electron chi connectivity index (χ4n) is 1.42. The molecule has 0 amide bonds. The molecule has 1 aromatic rings. The van der Waals surface area contributed by atoms with Crippen LogP contribution in [0.1, 0.15) is 29.2 Å². The highest BCUT2D eigenvalue weighted by molar-refractivity contribution is 6.15. The average molecular weight is 211 g/mol. The van der Waals surface area contributed by atoms with Gasteiger partial charge in [-0.2, -0.15) is 0 Å². The maximum Gasteiger partial charge on any atom is 0.0108 e. The van der Waals surface area contributed by atoms with Crippen LogP contribution in [0.25, 0.3) is 5.57 Å². The lowest BCUT2D eigenvalue weighted by Crippen LogP contribution is -1.89. The molecule has 0 aliphatic heterocycles. The zero-order chi connectivity index (χ0) is 11.3. The first-order chi connectivity index (χ1) is 6.52. The van der Waals surface area contributed by atoms with Crippen LogP contribution in [0, 0.1) is 20.8 Å². The lowest BCUT2D eigenvalue weighted by molar-refractivity contribution is 1.28. The molecule has 0 nitrogen and oxygen atoms in total. The van der Waals surface area contributed by atoms with Crippen LogP contribution < -0.4 is 0 Å². The van der Waals surface area contributed by atoms with Gasteiger partial charge < -0.3 is 0 Å². The Morgan fingerprint density at radius 3 is 1.86 bits per heavy atom. The highest BCUT2D eigenvalue weighted by atomic mass is 35.5. The molecule has 0 heterocycles. The number of hydrogen-bond donors (Lipinski definition) is 0. The van der Waals surface area contributed by atoms with Gasteiger partial charge in [0.25, 0.3) is 0 Å². The molecule has 0 bridgehead atoms. The molecule has 0 spiro atoms. The monoisotopic (exact) mass is 210 g/mol. The molecule has 0 unspecified atom stereocenters. The molecule has 1 aromatic carbocycles. The number of rotatable bonds is 1. The van der Waals surface area contributed by atoms with E-state index in [9.17, 15) is 0 Å². The normalized spacial score (nSPS) is 9.00. The molecule has 0 atom stereocenters. The molecule has 0 N–H and O–H groups in total. The van der Waals surface area contributed by atoms with E-state index in [2.05, 4.69) is 58.0 Å². The number of alkyl halides is 1. The first-order valence-electron chi connectivity index (χ1n) is 4.64. The fourth-order valence-corrected chi connectivity index (χ4v) is 1.42. The van der Waals surface area contributed by atoms with Crippen LogP contribution in [-0.4, -0.2) is 6.38 Å². The summed E-state index contributed by atoms with van der Waals surface area (Å²) in [6, 6.07) is 4.44. The van der Waals surface area contributed by atoms with E-state index in [1.807, 2.05) is 0 Å². The zero-order valence-corrected chi connectivity index (χ0v) is 10.5. The van der Waals surface area contributed by atoms with E-state index >= 15 is 0 Å². The topological polar surface area (TPSA) is 0 Å². The van der Waals surface area contributed by atoms with Crippen molar-refractivity contribution in [3.8, 4) is 0 Å². The maximum atomic E-state index is 4.64. The van der Waals surface area contributed by atoms with Gasteiger partial charge in [0.1, 0.15) is 0 Å². The molecule has 1 rings (SSSR count). The Morgan fingerprint density at radius 1 is 1.00 bits per heavy atom. The van der Waals surface area contributed by atoms with Gasteiger partial charge in [0.15, 0.2) is 0 Å². The third-order valence-electron chi connectivity index (χ3n) is 2.30. The number of halogens is 1. The molecule has 1 heteroatoms. The fraction of sp³-hybridized carbons (Fsp3) is 0.385. The van der Waals surface area contributed by atoms with E-state index in [0.29, 0.717) is 0 Å². The Kier molecular flexibility index (Phi) is 5.56. The number of aryl methyl sites for hydroxylation is 3. The van der Waals surface area contributed by atoms with E-state index in [4.69, 9.17) is 0 Å². The predicted molar refractivity (Wildman–Crippen MR) is 67.1 cm³/mol. The molecule has 0 aromatic heterocycles. The minimum atomic E-state index is 1.15. The van der Waals surface area contributed by atoms with Crippen molar-refractivity contribution >= 4 is 17.2 Å². The summed E-state index contributed by atoms with van der Waals surface area (Å²) in [5.74, 6) is 0. The molecule has 0 aliphatic carbocycles. The van der Waals surface area contributed by atoms with E-state index in [1.54, 1.807) is 0 Å². The average Bonchev–Trinajstić information content (AvgIpc) is 2.14. The van der Waals surface area contributed by atoms with Gasteiger partial charge in [0, 0.05) is 6.38 Å². The summed E-state index contributed by atoms with van der Waals surface area (Å²) in [6.45, 7) is 12.4. The summed E-state index contributed by atoms with van der Waals surface area (Å²) in [6.07, 6.45) is 1.47. The minimum absolute atomic E-state index is 1.15. The molecule has 0 radical (unpaired) electrons. The van der Waals surface area contributed by atoms with Gasteiger partial charge in [0.05, 0.1) is 0 Å². The summed E-state index contributed by atoms with van der Waals surface area (Å²) in [4.78, 5) is 0. The smallest absolute Gasteiger partial charge is 0.0108 e. The largest absolute Gasteiger partial charge is 0.130 e. The Morgan fingerprint density at radius 2 is 1.43 bits per heavy atom. The molecular formula is C13H19Cl. The van der Waals surface area contributed by atoms with Crippen LogP contribution in [0.2, 0.25) is 0 Å². The third kappa shape index (κ3) is 3.19. The van der Waals surface area contributed by atoms with Crippen molar-refractivity contribution in [2.24, 2.45) is 0 Å². The molecule has 0 fully saturated rings. The number of allylic oxidation sites excluding steroid dienone is 1. The second-order valence-electron chi connectivity index (χ2n) is 3.53. The Hall–Kier alpha value is -0.750. The van der Waals surface area contributed by atoms with Gasteiger partial charge in [-0.15, -0.1) is 11.6 Å². The third-order valence-corrected chi connectivity index (χ3v) is 2.30. The van der Waals surface area contributed by atoms with E-state index in [-0.39, 0.29) is 0 Å². The van der Waals surface area contributed by atoms with Crippen LogP contribution in [0.15, 0.2) is 18.7 Å². The van der Waals surface area contributed by atoms with Gasteiger partial charge in [-0.3, -0.25) is 0 Å². The molecule has 0 saturated carbocycles. The van der Waals surface area contributed by atoms with Gasteiger partial charge in [-0.1, -0.05) is 24.3 Å². The second-order valence-corrected chi connectivity index (χ2v) is 3.53. The number of hydrogen-bond acceptors (Lipinski definition) is 0. The first-order valence-corrected chi connectivity index (χ1v) is 5.39. The highest BCUT2D eigenvalue weighted by Crippen LogP contribution is 2.20. The van der Waals surface area contributed by atoms with E-state index in [0.717, 1.165) is 5.57 Å². The summed E-state index contributed by atoms with van der Waals surface area (Å²) < 4.78 is 0. The lowest BCUT2D eigenvalue weighted by Gasteiger charge is -2.08. The van der Waals surface area contributed by atoms with Crippen LogP contribution >= 0.6 is 11.6 Å². The quantitative estimate of drug-likeness (QED) is 0.599. The van der Waals surface area contributed by atoms with Crippen LogP contribution in [0.5, 0.6) is 0 Å². The van der Waals surface area contributed by atoms with Crippen LogP contribution in [0.3, 0.4) is 0 Å². The zero-order valence-electron chi connectivity index (χ0n) is 9.74. The van der Waals surface area contributed by atoms with Crippen molar-refractivity contribution in [3.63, 3.8) is 0 Å². The van der Waals surface area contributed by atoms with E-state index < -0.39 is 0 Å². The van der Waals surface area contributed by atoms with Crippen molar-refractivity contribution in [1.29, 1.82) is 0 Å². The lowest BCUT2D eigenvalue weighted by atomic mass is 9.97. The summed E-state index contributed by atoms with van der Waals surface area (Å²) in [5, 5.41) is 0. The Bertz CT molecular complexity index is 324. The Balaban J connectivity index is 0.000000791. The van der Waals surface area contributed by atoms with Gasteiger partial charge in [-0.05, 0) is 49.9 Å². The molecule has 0 saturated heterocycles. The molecule has 14 heavy (non-hydrogen) atoms. The van der Waals surface area contributed by atoms with Crippen molar-refractivity contribution in [2.75, 3.05) is 6.38 Å². The molecule has 78 valence electrons. The predicted octanol–water partition coefficient (Wildman–Crippen LogP) is 4.50. The Labute approximate surface area is 92.6 Å². The number of benzene rings is 1. The van der Waals surface area contributed by atoms with Gasteiger partial charge >= 0.3 is 0 Å². The summed E-state index contributed by atoms with van der Waals surface area (Å²) in [5.41, 5.74) is 6.47. The minimum Gasteiger partial charge on any atom is -0.130 e. The van der Waals surface area contributed by atoms with Crippen molar-refractivity contribution in [2.45, 2.75) is 27.7 Å². The standard InChI is InChI=1S/C12H16.CH3Cl/c1-8(2)12-7-10(4)9(3)6-11(12)5;1-2/h6-7H,1H2,2-5H3;1H3. The van der Waals surface area contributed by atoms with Gasteiger partial charge in [-0.25, -0.2) is 0 Å². The SMILES string of the molecule is C=C(C)c1cc(C)c(C)cc1C.CCl. The highest BCUT2D eigenvalue weighted by Gasteiger charge is 2.01. The van der Waals surface area contributed by atoms with Crippen LogP contribution in [0.4, 0.5) is 0 Å².